The van der Waals surface area contributed by atoms with Crippen LogP contribution in [0.5, 0.6) is 0 Å². The van der Waals surface area contributed by atoms with Crippen LogP contribution in [0.15, 0.2) is 24.3 Å². The molecule has 0 unspecified atom stereocenters. The van der Waals surface area contributed by atoms with E-state index in [1.165, 1.54) is 6.42 Å². The van der Waals surface area contributed by atoms with Crippen molar-refractivity contribution in [3.63, 3.8) is 0 Å². The van der Waals surface area contributed by atoms with Crippen molar-refractivity contribution in [1.29, 1.82) is 5.26 Å². The van der Waals surface area contributed by atoms with E-state index in [9.17, 15) is 0 Å². The van der Waals surface area contributed by atoms with Crippen molar-refractivity contribution in [2.24, 2.45) is 5.73 Å². The maximum atomic E-state index is 8.97. The normalized spacial score (nSPS) is 26.0. The minimum absolute atomic E-state index is 0.240. The summed E-state index contributed by atoms with van der Waals surface area (Å²) in [7, 11) is 0. The van der Waals surface area contributed by atoms with E-state index in [0.29, 0.717) is 5.92 Å². The Kier molecular flexibility index (Phi) is 2.51. The van der Waals surface area contributed by atoms with E-state index in [0.717, 1.165) is 24.0 Å². The lowest BCUT2D eigenvalue weighted by Crippen LogP contribution is -2.23. The number of nitriles is 1. The first-order valence-electron chi connectivity index (χ1n) is 5.07. The van der Waals surface area contributed by atoms with Gasteiger partial charge in [0.2, 0.25) is 0 Å². The molecule has 72 valence electrons. The van der Waals surface area contributed by atoms with Gasteiger partial charge in [0.1, 0.15) is 0 Å². The van der Waals surface area contributed by atoms with Gasteiger partial charge in [-0.1, -0.05) is 24.6 Å². The number of benzene rings is 1. The van der Waals surface area contributed by atoms with Crippen LogP contribution < -0.4 is 5.73 Å². The lowest BCUT2D eigenvalue weighted by molar-refractivity contribution is 0.612. The van der Waals surface area contributed by atoms with Gasteiger partial charge in [-0.15, -0.1) is 0 Å². The number of hydrogen-bond acceptors (Lipinski definition) is 2. The van der Waals surface area contributed by atoms with Crippen LogP contribution in [-0.2, 0) is 0 Å². The summed E-state index contributed by atoms with van der Waals surface area (Å²) >= 11 is 0. The molecule has 1 saturated carbocycles. The molecule has 0 bridgehead atoms. The van der Waals surface area contributed by atoms with Crippen LogP contribution in [-0.4, -0.2) is 6.04 Å². The van der Waals surface area contributed by atoms with Gasteiger partial charge in [0.15, 0.2) is 0 Å². The van der Waals surface area contributed by atoms with Crippen molar-refractivity contribution in [1.82, 2.24) is 0 Å². The molecule has 2 rings (SSSR count). The number of rotatable bonds is 1. The van der Waals surface area contributed by atoms with E-state index in [4.69, 9.17) is 11.0 Å². The average Bonchev–Trinajstić information content (AvgIpc) is 2.64. The Balaban J connectivity index is 2.36. The zero-order valence-electron chi connectivity index (χ0n) is 8.11. The minimum Gasteiger partial charge on any atom is -0.327 e. The Labute approximate surface area is 84.3 Å². The molecule has 2 heteroatoms. The predicted octanol–water partition coefficient (Wildman–Crippen LogP) is 2.15. The summed E-state index contributed by atoms with van der Waals surface area (Å²) in [6, 6.07) is 10.3. The van der Waals surface area contributed by atoms with Gasteiger partial charge in [-0.25, -0.2) is 0 Å². The van der Waals surface area contributed by atoms with E-state index in [2.05, 4.69) is 6.07 Å². The number of hydrogen-bond donors (Lipinski definition) is 1. The minimum atomic E-state index is 0.240. The summed E-state index contributed by atoms with van der Waals surface area (Å²) in [6.45, 7) is 0. The molecule has 0 saturated heterocycles. The quantitative estimate of drug-likeness (QED) is 0.730. The molecule has 1 aliphatic carbocycles. The van der Waals surface area contributed by atoms with Crippen LogP contribution in [0.2, 0.25) is 0 Å². The van der Waals surface area contributed by atoms with Gasteiger partial charge in [-0.05, 0) is 24.5 Å². The molecule has 1 aromatic carbocycles. The Hall–Kier alpha value is -1.33. The molecule has 2 atom stereocenters. The molecule has 0 heterocycles. The van der Waals surface area contributed by atoms with Crippen LogP contribution in [0.3, 0.4) is 0 Å². The zero-order valence-corrected chi connectivity index (χ0v) is 8.11. The first-order valence-corrected chi connectivity index (χ1v) is 5.07. The van der Waals surface area contributed by atoms with Crippen LogP contribution in [0.25, 0.3) is 0 Å². The highest BCUT2D eigenvalue weighted by atomic mass is 14.7. The molecule has 1 fully saturated rings. The lowest BCUT2D eigenvalue weighted by Gasteiger charge is -2.16. The third-order valence-electron chi connectivity index (χ3n) is 3.05. The van der Waals surface area contributed by atoms with Gasteiger partial charge in [0, 0.05) is 12.0 Å². The van der Waals surface area contributed by atoms with E-state index < -0.39 is 0 Å². The molecule has 2 N–H and O–H groups in total. The second kappa shape index (κ2) is 3.81. The molecule has 0 radical (unpaired) electrons. The van der Waals surface area contributed by atoms with E-state index in [1.54, 1.807) is 0 Å². The van der Waals surface area contributed by atoms with Gasteiger partial charge in [0.25, 0.3) is 0 Å². The first-order chi connectivity index (χ1) is 6.83. The maximum absolute atomic E-state index is 8.97. The third-order valence-corrected chi connectivity index (χ3v) is 3.05. The Bertz CT molecular complexity index is 365. The van der Waals surface area contributed by atoms with E-state index >= 15 is 0 Å². The van der Waals surface area contributed by atoms with Gasteiger partial charge >= 0.3 is 0 Å². The van der Waals surface area contributed by atoms with Gasteiger partial charge in [-0.3, -0.25) is 0 Å². The fraction of sp³-hybridized carbons (Fsp3) is 0.417. The highest BCUT2D eigenvalue weighted by Gasteiger charge is 2.26. The predicted molar refractivity (Wildman–Crippen MR) is 55.7 cm³/mol. The molecule has 0 amide bonds. The molecule has 14 heavy (non-hydrogen) atoms. The molecule has 2 nitrogen and oxygen atoms in total. The van der Waals surface area contributed by atoms with Crippen molar-refractivity contribution in [2.45, 2.75) is 31.2 Å². The highest BCUT2D eigenvalue weighted by molar-refractivity contribution is 5.40. The fourth-order valence-electron chi connectivity index (χ4n) is 2.30. The average molecular weight is 186 g/mol. The molecular formula is C12H14N2. The largest absolute Gasteiger partial charge is 0.327 e. The monoisotopic (exact) mass is 186 g/mol. The van der Waals surface area contributed by atoms with Crippen molar-refractivity contribution in [2.75, 3.05) is 0 Å². The number of nitrogens with two attached hydrogens (primary N) is 1. The molecule has 0 spiro atoms. The standard InChI is InChI=1S/C12H14N2/c13-8-9-4-1-2-5-10(9)11-6-3-7-12(11)14/h1-2,4-5,11-12H,3,6-7,14H2/t11-,12+/m0/s1. The Morgan fingerprint density at radius 1 is 1.29 bits per heavy atom. The summed E-state index contributed by atoms with van der Waals surface area (Å²) in [5.74, 6) is 0.394. The van der Waals surface area contributed by atoms with Gasteiger partial charge < -0.3 is 5.73 Å². The van der Waals surface area contributed by atoms with Gasteiger partial charge in [-0.2, -0.15) is 5.26 Å². The molecule has 1 aliphatic rings. The lowest BCUT2D eigenvalue weighted by atomic mass is 9.91. The van der Waals surface area contributed by atoms with Crippen LogP contribution >= 0.6 is 0 Å². The summed E-state index contributed by atoms with van der Waals surface area (Å²) in [4.78, 5) is 0. The molecule has 0 aliphatic heterocycles. The van der Waals surface area contributed by atoms with Crippen molar-refractivity contribution in [3.8, 4) is 6.07 Å². The van der Waals surface area contributed by atoms with E-state index in [1.807, 2.05) is 24.3 Å². The zero-order chi connectivity index (χ0) is 9.97. The van der Waals surface area contributed by atoms with E-state index in [-0.39, 0.29) is 6.04 Å². The summed E-state index contributed by atoms with van der Waals surface area (Å²) in [6.07, 6.45) is 3.40. The second-order valence-electron chi connectivity index (χ2n) is 3.90. The Morgan fingerprint density at radius 3 is 2.71 bits per heavy atom. The van der Waals surface area contributed by atoms with Crippen LogP contribution in [0.1, 0.15) is 36.3 Å². The third kappa shape index (κ3) is 1.51. The summed E-state index contributed by atoms with van der Waals surface area (Å²) in [5.41, 5.74) is 7.95. The highest BCUT2D eigenvalue weighted by Crippen LogP contribution is 2.34. The van der Waals surface area contributed by atoms with Crippen LogP contribution in [0.4, 0.5) is 0 Å². The van der Waals surface area contributed by atoms with Crippen molar-refractivity contribution < 1.29 is 0 Å². The summed E-state index contributed by atoms with van der Waals surface area (Å²) < 4.78 is 0. The molecule has 1 aromatic rings. The number of nitrogens with zero attached hydrogens (tertiary/aromatic N) is 1. The van der Waals surface area contributed by atoms with Crippen molar-refractivity contribution >= 4 is 0 Å². The SMILES string of the molecule is N#Cc1ccccc1[C@@H]1CCC[C@H]1N. The smallest absolute Gasteiger partial charge is 0.0994 e. The molecular weight excluding hydrogens is 172 g/mol. The van der Waals surface area contributed by atoms with Crippen LogP contribution in [0, 0.1) is 11.3 Å². The topological polar surface area (TPSA) is 49.8 Å². The summed E-state index contributed by atoms with van der Waals surface area (Å²) in [5, 5.41) is 8.97. The second-order valence-corrected chi connectivity index (χ2v) is 3.90. The first kappa shape index (κ1) is 9.23. The maximum Gasteiger partial charge on any atom is 0.0994 e. The van der Waals surface area contributed by atoms with Crippen molar-refractivity contribution in [3.05, 3.63) is 35.4 Å². The van der Waals surface area contributed by atoms with Gasteiger partial charge in [0.05, 0.1) is 11.6 Å². The Morgan fingerprint density at radius 2 is 2.07 bits per heavy atom. The fourth-order valence-corrected chi connectivity index (χ4v) is 2.30. The molecule has 0 aromatic heterocycles.